The summed E-state index contributed by atoms with van der Waals surface area (Å²) < 4.78 is 71.8. The lowest BCUT2D eigenvalue weighted by atomic mass is 9.85. The van der Waals surface area contributed by atoms with E-state index in [-0.39, 0.29) is 13.0 Å². The molecule has 2 heterocycles. The maximum absolute atomic E-state index is 14.5. The summed E-state index contributed by atoms with van der Waals surface area (Å²) in [6.45, 7) is 9.91. The largest absolute Gasteiger partial charge is 0.497 e. The zero-order valence-electron chi connectivity index (χ0n) is 32.4. The number of ether oxygens (including phenoxy) is 3. The number of sulfonamides is 1. The van der Waals surface area contributed by atoms with Crippen LogP contribution in [0, 0.1) is 5.41 Å². The third-order valence-corrected chi connectivity index (χ3v) is 11.1. The third kappa shape index (κ3) is 10.6. The summed E-state index contributed by atoms with van der Waals surface area (Å²) in [5.74, 6) is -2.09. The average molecular weight is 802 g/mol. The van der Waals surface area contributed by atoms with Gasteiger partial charge in [-0.15, -0.1) is 0 Å². The number of hydrogen-bond acceptors (Lipinski definition) is 10. The Hall–Kier alpha value is -5.06. The molecular formula is C39H49F2N5O9S. The van der Waals surface area contributed by atoms with Crippen molar-refractivity contribution in [1.82, 2.24) is 25.2 Å². The van der Waals surface area contributed by atoms with Gasteiger partial charge < -0.3 is 29.7 Å². The molecule has 1 aromatic heterocycles. The van der Waals surface area contributed by atoms with Gasteiger partial charge in [0.05, 0.1) is 30.1 Å². The molecule has 2 fully saturated rings. The van der Waals surface area contributed by atoms with Crippen LogP contribution in [0.15, 0.2) is 54.6 Å². The Labute approximate surface area is 325 Å². The van der Waals surface area contributed by atoms with Gasteiger partial charge in [-0.3, -0.25) is 19.1 Å². The fourth-order valence-corrected chi connectivity index (χ4v) is 7.65. The number of methoxy groups -OCH3 is 1. The fourth-order valence-electron chi connectivity index (χ4n) is 6.30. The number of alkyl halides is 2. The van der Waals surface area contributed by atoms with Crippen LogP contribution in [0.5, 0.6) is 11.5 Å². The van der Waals surface area contributed by atoms with Gasteiger partial charge in [0.25, 0.3) is 5.91 Å². The van der Waals surface area contributed by atoms with E-state index < -0.39 is 87.2 Å². The normalized spacial score (nSPS) is 18.6. The van der Waals surface area contributed by atoms with E-state index in [0.29, 0.717) is 40.9 Å². The summed E-state index contributed by atoms with van der Waals surface area (Å²) in [5.41, 5.74) is 0.0770. The van der Waals surface area contributed by atoms with Gasteiger partial charge in [-0.1, -0.05) is 51.1 Å². The molecule has 1 aliphatic carbocycles. The highest BCUT2D eigenvalue weighted by molar-refractivity contribution is 7.90. The first-order chi connectivity index (χ1) is 26.1. The van der Waals surface area contributed by atoms with Crippen molar-refractivity contribution in [2.45, 2.75) is 109 Å². The number of likely N-dealkylation sites (tertiary alicyclic amines) is 1. The Bertz CT molecular complexity index is 2050. The van der Waals surface area contributed by atoms with Gasteiger partial charge in [-0.25, -0.2) is 27.0 Å². The van der Waals surface area contributed by atoms with E-state index in [1.807, 2.05) is 35.1 Å². The number of fused-ring (bicyclic) bond motifs is 1. The summed E-state index contributed by atoms with van der Waals surface area (Å²) in [6, 6.07) is 11.7. The Kier molecular flexibility index (Phi) is 12.5. The zero-order valence-corrected chi connectivity index (χ0v) is 33.2. The van der Waals surface area contributed by atoms with Crippen molar-refractivity contribution in [1.29, 1.82) is 0 Å². The molecule has 1 unspecified atom stereocenters. The van der Waals surface area contributed by atoms with Crippen molar-refractivity contribution in [3.63, 3.8) is 0 Å². The van der Waals surface area contributed by atoms with E-state index in [1.54, 1.807) is 65.8 Å². The highest BCUT2D eigenvalue weighted by Crippen LogP contribution is 2.35. The van der Waals surface area contributed by atoms with Crippen LogP contribution in [0.1, 0.15) is 67.2 Å². The molecule has 3 N–H and O–H groups in total. The van der Waals surface area contributed by atoms with E-state index in [9.17, 15) is 36.4 Å². The molecular weight excluding hydrogens is 753 g/mol. The van der Waals surface area contributed by atoms with Gasteiger partial charge in [-0.2, -0.15) is 0 Å². The first-order valence-corrected chi connectivity index (χ1v) is 19.8. The van der Waals surface area contributed by atoms with Crippen LogP contribution in [0.25, 0.3) is 22.2 Å². The van der Waals surface area contributed by atoms with Crippen LogP contribution >= 0.6 is 0 Å². The second-order valence-corrected chi connectivity index (χ2v) is 18.0. The number of nitrogens with one attached hydrogen (secondary N) is 3. The van der Waals surface area contributed by atoms with Gasteiger partial charge in [0.15, 0.2) is 0 Å². The van der Waals surface area contributed by atoms with Crippen LogP contribution in [-0.4, -0.2) is 97.3 Å². The van der Waals surface area contributed by atoms with E-state index in [2.05, 4.69) is 10.6 Å². The molecule has 1 saturated heterocycles. The molecule has 0 radical (unpaired) electrons. The summed E-state index contributed by atoms with van der Waals surface area (Å²) in [7, 11) is -2.61. The van der Waals surface area contributed by atoms with Crippen molar-refractivity contribution in [2.75, 3.05) is 13.7 Å². The first-order valence-electron chi connectivity index (χ1n) is 18.3. The monoisotopic (exact) mass is 801 g/mol. The Balaban J connectivity index is 1.50. The van der Waals surface area contributed by atoms with Gasteiger partial charge in [0.2, 0.25) is 28.3 Å². The van der Waals surface area contributed by atoms with E-state index in [0.717, 1.165) is 5.56 Å². The topological polar surface area (TPSA) is 182 Å². The quantitative estimate of drug-likeness (QED) is 0.214. The summed E-state index contributed by atoms with van der Waals surface area (Å²) in [4.78, 5) is 60.6. The highest BCUT2D eigenvalue weighted by Gasteiger charge is 2.47. The number of pyridine rings is 1. The Morgan fingerprint density at radius 3 is 2.23 bits per heavy atom. The minimum atomic E-state index is -4.13. The Morgan fingerprint density at radius 2 is 1.64 bits per heavy atom. The maximum Gasteiger partial charge on any atom is 0.408 e. The maximum atomic E-state index is 14.5. The predicted octanol–water partition coefficient (Wildman–Crippen LogP) is 4.95. The average Bonchev–Trinajstić information content (AvgIpc) is 3.89. The molecule has 5 rings (SSSR count). The van der Waals surface area contributed by atoms with E-state index in [1.165, 1.54) is 12.0 Å². The lowest BCUT2D eigenvalue weighted by Gasteiger charge is -2.35. The van der Waals surface area contributed by atoms with Crippen LogP contribution in [0.4, 0.5) is 13.6 Å². The molecule has 1 aliphatic heterocycles. The van der Waals surface area contributed by atoms with Crippen LogP contribution in [0.2, 0.25) is 0 Å². The number of nitrogens with zero attached hydrogens (tertiary/aromatic N) is 2. The third-order valence-electron chi connectivity index (χ3n) is 9.22. The number of rotatable bonds is 13. The molecule has 0 spiro atoms. The number of aromatic nitrogens is 1. The fraction of sp³-hybridized carbons (Fsp3) is 0.513. The lowest BCUT2D eigenvalue weighted by molar-refractivity contribution is -0.142. The smallest absolute Gasteiger partial charge is 0.408 e. The first kappa shape index (κ1) is 42.1. The molecule has 17 heteroatoms. The van der Waals surface area contributed by atoms with Gasteiger partial charge in [0.1, 0.15) is 41.3 Å². The molecule has 4 amide bonds. The van der Waals surface area contributed by atoms with Crippen molar-refractivity contribution in [2.24, 2.45) is 5.41 Å². The van der Waals surface area contributed by atoms with E-state index in [4.69, 9.17) is 19.2 Å². The molecule has 14 nitrogen and oxygen atoms in total. The van der Waals surface area contributed by atoms with Gasteiger partial charge >= 0.3 is 6.09 Å². The summed E-state index contributed by atoms with van der Waals surface area (Å²) in [5, 5.41) is 4.68. The number of alkyl carbamates (subject to hydrolysis) is 1. The Morgan fingerprint density at radius 1 is 0.964 bits per heavy atom. The van der Waals surface area contributed by atoms with Gasteiger partial charge in [0, 0.05) is 35.9 Å². The molecule has 1 saturated carbocycles. The zero-order chi connectivity index (χ0) is 41.2. The van der Waals surface area contributed by atoms with Crippen LogP contribution < -0.4 is 24.8 Å². The van der Waals surface area contributed by atoms with Crippen LogP contribution in [-0.2, 0) is 29.1 Å². The lowest BCUT2D eigenvalue weighted by Crippen LogP contribution is -2.59. The standard InChI is InChI=1S/C39H49F2N5O9S/c1-38(2,3)33(44-37(50)55-39(4,5)6)36(49)46-21-24(18-30(46)35(48)43-29(20-32(40)41)34(47)45-56(51,52)25-14-15-25)54-31-19-27(22-11-9-8-10-12-22)42-28-17-23(53-7)13-16-26(28)31/h8-13,16-17,19,24-25,29-30,32-33H,14-15,18,20-21H2,1-7H3,(H,43,48)(H,44,50)(H,45,47)/t24-,29?,30+,33-/m1/s1. The number of halogens is 2. The van der Waals surface area contributed by atoms with Crippen LogP contribution in [0.3, 0.4) is 0 Å². The number of hydrogen-bond donors (Lipinski definition) is 3. The summed E-state index contributed by atoms with van der Waals surface area (Å²) >= 11 is 0. The second kappa shape index (κ2) is 16.6. The summed E-state index contributed by atoms with van der Waals surface area (Å²) in [6.07, 6.45) is -5.55. The number of amides is 4. The second-order valence-electron chi connectivity index (χ2n) is 16.1. The molecule has 3 aromatic rings. The molecule has 2 aliphatic rings. The minimum absolute atomic E-state index is 0.162. The molecule has 56 heavy (non-hydrogen) atoms. The van der Waals surface area contributed by atoms with E-state index >= 15 is 0 Å². The number of carbonyl (C=O) groups is 4. The van der Waals surface area contributed by atoms with Crippen molar-refractivity contribution >= 4 is 44.7 Å². The number of carbonyl (C=O) groups excluding carboxylic acids is 4. The van der Waals surface area contributed by atoms with Crippen molar-refractivity contribution in [3.05, 3.63) is 54.6 Å². The highest BCUT2D eigenvalue weighted by atomic mass is 32.2. The molecule has 4 atom stereocenters. The predicted molar refractivity (Wildman–Crippen MR) is 204 cm³/mol. The molecule has 0 bridgehead atoms. The molecule has 304 valence electrons. The number of benzene rings is 2. The minimum Gasteiger partial charge on any atom is -0.497 e. The van der Waals surface area contributed by atoms with Crippen molar-refractivity contribution in [3.8, 4) is 22.8 Å². The molecule has 2 aromatic carbocycles. The SMILES string of the molecule is COc1ccc2c(O[C@@H]3C[C@@H](C(=O)NC(CC(F)F)C(=O)NS(=O)(=O)C4CC4)N(C(=O)[C@@H](NC(=O)OC(C)(C)C)C(C)(C)C)C3)cc(-c3ccccc3)nc2c1. The van der Waals surface area contributed by atoms with Crippen molar-refractivity contribution < 1.29 is 50.6 Å². The van der Waals surface area contributed by atoms with Gasteiger partial charge in [-0.05, 0) is 51.2 Å².